The van der Waals surface area contributed by atoms with Crippen LogP contribution in [0.4, 0.5) is 0 Å². The zero-order valence-corrected chi connectivity index (χ0v) is 21.8. The number of carbonyl (C=O) groups is 1. The van der Waals surface area contributed by atoms with Crippen LogP contribution in [0.5, 0.6) is 5.75 Å². The number of methoxy groups -OCH3 is 1. The predicted molar refractivity (Wildman–Crippen MR) is 140 cm³/mol. The number of nitrogens with zero attached hydrogens (tertiary/aromatic N) is 3. The summed E-state index contributed by atoms with van der Waals surface area (Å²) in [6.07, 6.45) is 6.16. The van der Waals surface area contributed by atoms with E-state index in [-0.39, 0.29) is 0 Å². The zero-order valence-electron chi connectivity index (χ0n) is 20.2. The number of aliphatic hydroxyl groups is 1. The van der Waals surface area contributed by atoms with E-state index in [1.807, 2.05) is 35.8 Å². The number of thioether (sulfide) groups is 1. The maximum absolute atomic E-state index is 12.8. The van der Waals surface area contributed by atoms with Crippen molar-refractivity contribution < 1.29 is 19.8 Å². The Hall–Kier alpha value is -2.43. The lowest BCUT2D eigenvalue weighted by Gasteiger charge is -2.40. The van der Waals surface area contributed by atoms with E-state index in [4.69, 9.17) is 16.3 Å². The van der Waals surface area contributed by atoms with Gasteiger partial charge in [0, 0.05) is 46.7 Å². The number of aliphatic hydroxyl groups excluding tert-OH is 1. The topological polar surface area (TPSA) is 108 Å². The van der Waals surface area contributed by atoms with Crippen LogP contribution in [0.25, 0.3) is 10.9 Å². The van der Waals surface area contributed by atoms with Gasteiger partial charge in [-0.05, 0) is 69.1 Å². The van der Waals surface area contributed by atoms with E-state index in [0.29, 0.717) is 47.5 Å². The summed E-state index contributed by atoms with van der Waals surface area (Å²) in [4.78, 5) is 24.7. The fraction of sp³-hybridized carbons (Fsp3) is 0.423. The number of fused-ring (bicyclic) bond motifs is 1. The van der Waals surface area contributed by atoms with Gasteiger partial charge in [0.05, 0.1) is 29.2 Å². The number of piperidine rings is 1. The Morgan fingerprint density at radius 2 is 2.03 bits per heavy atom. The van der Waals surface area contributed by atoms with Gasteiger partial charge in [-0.2, -0.15) is 0 Å². The number of hydrogen-bond donors (Lipinski definition) is 3. The van der Waals surface area contributed by atoms with Crippen molar-refractivity contribution in [3.8, 4) is 5.75 Å². The molecular formula is C26H31ClN4O4S. The first-order valence-corrected chi connectivity index (χ1v) is 13.3. The van der Waals surface area contributed by atoms with Gasteiger partial charge in [0.15, 0.2) is 0 Å². The highest BCUT2D eigenvalue weighted by molar-refractivity contribution is 7.99. The van der Waals surface area contributed by atoms with Crippen LogP contribution in [0.2, 0.25) is 5.02 Å². The second-order valence-electron chi connectivity index (χ2n) is 9.05. The molecule has 0 saturated carbocycles. The quantitative estimate of drug-likeness (QED) is 0.200. The van der Waals surface area contributed by atoms with Crippen molar-refractivity contribution in [3.05, 3.63) is 59.5 Å². The molecular weight excluding hydrogens is 500 g/mol. The van der Waals surface area contributed by atoms with E-state index < -0.39 is 17.4 Å². The van der Waals surface area contributed by atoms with Crippen molar-refractivity contribution in [2.75, 3.05) is 32.5 Å². The Balaban J connectivity index is 1.40. The number of rotatable bonds is 10. The summed E-state index contributed by atoms with van der Waals surface area (Å²) in [6, 6.07) is 9.44. The molecule has 8 nitrogen and oxygen atoms in total. The van der Waals surface area contributed by atoms with Gasteiger partial charge in [0.1, 0.15) is 5.75 Å². The average Bonchev–Trinajstić information content (AvgIpc) is 2.92. The minimum atomic E-state index is -0.895. The SMILES string of the molecule is COc1ccc2ncc(Cl)c([C@H](O)CCC3(C(=O)NO)CCN(CCSc4ccncc4)CC3)c2c1. The number of nitrogens with one attached hydrogen (secondary N) is 1. The molecule has 1 atom stereocenters. The van der Waals surface area contributed by atoms with Crippen molar-refractivity contribution in [2.45, 2.75) is 36.7 Å². The molecule has 36 heavy (non-hydrogen) atoms. The van der Waals surface area contributed by atoms with Gasteiger partial charge in [-0.1, -0.05) is 11.6 Å². The Morgan fingerprint density at radius 3 is 2.72 bits per heavy atom. The predicted octanol–water partition coefficient (Wildman–Crippen LogP) is 4.49. The maximum atomic E-state index is 12.8. The average molecular weight is 531 g/mol. The number of hydroxylamine groups is 1. The number of aromatic nitrogens is 2. The molecule has 0 radical (unpaired) electrons. The molecule has 1 aliphatic rings. The number of hydrogen-bond acceptors (Lipinski definition) is 8. The van der Waals surface area contributed by atoms with Gasteiger partial charge in [0.2, 0.25) is 5.91 Å². The van der Waals surface area contributed by atoms with Crippen molar-refractivity contribution in [1.29, 1.82) is 0 Å². The van der Waals surface area contributed by atoms with Crippen LogP contribution < -0.4 is 10.2 Å². The summed E-state index contributed by atoms with van der Waals surface area (Å²) in [6.45, 7) is 2.40. The molecule has 3 aromatic rings. The van der Waals surface area contributed by atoms with E-state index in [2.05, 4.69) is 14.9 Å². The van der Waals surface area contributed by atoms with E-state index >= 15 is 0 Å². The Bertz CT molecular complexity index is 1180. The number of ether oxygens (including phenoxy) is 1. The lowest BCUT2D eigenvalue weighted by Crippen LogP contribution is -2.48. The third-order valence-corrected chi connectivity index (χ3v) is 8.31. The molecule has 10 heteroatoms. The molecule has 192 valence electrons. The first-order chi connectivity index (χ1) is 17.5. The molecule has 0 bridgehead atoms. The highest BCUT2D eigenvalue weighted by atomic mass is 35.5. The number of carbonyl (C=O) groups excluding carboxylic acids is 1. The molecule has 3 heterocycles. The molecule has 0 aliphatic carbocycles. The number of amides is 1. The molecule has 1 aromatic carbocycles. The fourth-order valence-electron chi connectivity index (χ4n) is 4.83. The molecule has 4 rings (SSSR count). The first kappa shape index (κ1) is 26.6. The summed E-state index contributed by atoms with van der Waals surface area (Å²) in [5.41, 5.74) is 2.40. The first-order valence-electron chi connectivity index (χ1n) is 12.0. The van der Waals surface area contributed by atoms with Crippen LogP contribution in [-0.4, -0.2) is 63.6 Å². The smallest absolute Gasteiger partial charge is 0.249 e. The van der Waals surface area contributed by atoms with Crippen LogP contribution in [0.1, 0.15) is 37.4 Å². The van der Waals surface area contributed by atoms with Gasteiger partial charge >= 0.3 is 0 Å². The largest absolute Gasteiger partial charge is 0.497 e. The third-order valence-electron chi connectivity index (χ3n) is 7.02. The van der Waals surface area contributed by atoms with E-state index in [1.54, 1.807) is 31.3 Å². The number of likely N-dealkylation sites (tertiary alicyclic amines) is 1. The summed E-state index contributed by atoms with van der Waals surface area (Å²) >= 11 is 8.24. The molecule has 0 unspecified atom stereocenters. The van der Waals surface area contributed by atoms with Crippen LogP contribution >= 0.6 is 23.4 Å². The Morgan fingerprint density at radius 1 is 1.28 bits per heavy atom. The van der Waals surface area contributed by atoms with Gasteiger partial charge in [-0.25, -0.2) is 5.48 Å². The summed E-state index contributed by atoms with van der Waals surface area (Å²) in [5.74, 6) is 1.19. The zero-order chi connectivity index (χ0) is 25.5. The molecule has 3 N–H and O–H groups in total. The molecule has 0 spiro atoms. The highest BCUT2D eigenvalue weighted by Crippen LogP contribution is 2.41. The summed E-state index contributed by atoms with van der Waals surface area (Å²) in [5, 5.41) is 21.7. The van der Waals surface area contributed by atoms with Gasteiger partial charge in [-0.3, -0.25) is 20.0 Å². The number of benzene rings is 1. The van der Waals surface area contributed by atoms with Crippen molar-refractivity contribution in [1.82, 2.24) is 20.3 Å². The minimum Gasteiger partial charge on any atom is -0.497 e. The Kier molecular flexibility index (Phi) is 9.03. The molecule has 1 saturated heterocycles. The maximum Gasteiger partial charge on any atom is 0.249 e. The number of halogens is 1. The molecule has 1 aliphatic heterocycles. The van der Waals surface area contributed by atoms with Crippen LogP contribution in [0.3, 0.4) is 0 Å². The van der Waals surface area contributed by atoms with Crippen molar-refractivity contribution in [2.24, 2.45) is 5.41 Å². The Labute approximate surface area is 220 Å². The second kappa shape index (κ2) is 12.2. The van der Waals surface area contributed by atoms with Crippen molar-refractivity contribution >= 4 is 40.2 Å². The lowest BCUT2D eigenvalue weighted by atomic mass is 9.73. The molecule has 2 aromatic heterocycles. The van der Waals surface area contributed by atoms with Crippen LogP contribution in [0.15, 0.2) is 53.8 Å². The molecule has 1 fully saturated rings. The summed E-state index contributed by atoms with van der Waals surface area (Å²) < 4.78 is 5.34. The number of pyridine rings is 2. The molecule has 1 amide bonds. The third kappa shape index (κ3) is 6.10. The lowest BCUT2D eigenvalue weighted by molar-refractivity contribution is -0.143. The normalized spacial score (nSPS) is 16.6. The van der Waals surface area contributed by atoms with Crippen LogP contribution in [-0.2, 0) is 4.79 Å². The highest BCUT2D eigenvalue weighted by Gasteiger charge is 2.41. The second-order valence-corrected chi connectivity index (χ2v) is 10.6. The van der Waals surface area contributed by atoms with E-state index in [9.17, 15) is 15.1 Å². The monoisotopic (exact) mass is 530 g/mol. The van der Waals surface area contributed by atoms with Gasteiger partial charge in [-0.15, -0.1) is 11.8 Å². The summed E-state index contributed by atoms with van der Waals surface area (Å²) in [7, 11) is 1.58. The van der Waals surface area contributed by atoms with Gasteiger partial charge < -0.3 is 14.7 Å². The van der Waals surface area contributed by atoms with Crippen molar-refractivity contribution in [3.63, 3.8) is 0 Å². The standard InChI is InChI=1S/C26H31ClN4O4S/c1-35-18-2-3-22-20(16-18)24(21(27)17-29-22)23(32)4-7-26(25(33)30-34)8-12-31(13-9-26)14-15-36-19-5-10-28-11-6-19/h2-3,5-6,10-11,16-17,23,32,34H,4,7-9,12-15H2,1H3,(H,30,33)/t23-/m1/s1. The van der Waals surface area contributed by atoms with Crippen LogP contribution in [0, 0.1) is 5.41 Å². The van der Waals surface area contributed by atoms with E-state index in [0.717, 1.165) is 30.8 Å². The van der Waals surface area contributed by atoms with E-state index in [1.165, 1.54) is 11.1 Å². The van der Waals surface area contributed by atoms with Gasteiger partial charge in [0.25, 0.3) is 0 Å². The minimum absolute atomic E-state index is 0.321. The fourth-order valence-corrected chi connectivity index (χ4v) is 6.01.